The van der Waals surface area contributed by atoms with Crippen molar-refractivity contribution in [1.29, 1.82) is 0 Å². The Balaban J connectivity index is 1.94. The van der Waals surface area contributed by atoms with Gasteiger partial charge in [0.05, 0.1) is 0 Å². The zero-order valence-corrected chi connectivity index (χ0v) is 11.1. The number of hydrogen-bond acceptors (Lipinski definition) is 3. The lowest BCUT2D eigenvalue weighted by atomic mass is 10.0. The van der Waals surface area contributed by atoms with E-state index >= 15 is 0 Å². The average molecular weight is 230 g/mol. The molecule has 0 aromatic heterocycles. The number of likely N-dealkylation sites (tertiary alicyclic amines) is 1. The van der Waals surface area contributed by atoms with Crippen LogP contribution < -0.4 is 5.32 Å². The van der Waals surface area contributed by atoms with Crippen LogP contribution in [0.4, 0.5) is 0 Å². The molecule has 0 aromatic carbocycles. The van der Waals surface area contributed by atoms with Crippen molar-refractivity contribution in [2.24, 2.45) is 0 Å². The third kappa shape index (κ3) is 5.79. The number of hydrogen-bond donors (Lipinski definition) is 1. The lowest BCUT2D eigenvalue weighted by molar-refractivity contribution is 0.159. The van der Waals surface area contributed by atoms with Crippen LogP contribution in [0.25, 0.3) is 0 Å². The number of nitrogens with zero attached hydrogens (tertiary/aromatic N) is 1. The predicted molar refractivity (Wildman–Crippen MR) is 70.8 cm³/mol. The zero-order valence-electron chi connectivity index (χ0n) is 10.3. The lowest BCUT2D eigenvalue weighted by Crippen LogP contribution is -2.39. The quantitative estimate of drug-likeness (QED) is 0.675. The molecule has 1 fully saturated rings. The van der Waals surface area contributed by atoms with Gasteiger partial charge in [0.2, 0.25) is 0 Å². The Bertz CT molecular complexity index is 153. The molecule has 1 saturated heterocycles. The molecule has 1 rings (SSSR count). The van der Waals surface area contributed by atoms with E-state index in [4.69, 9.17) is 0 Å². The van der Waals surface area contributed by atoms with Gasteiger partial charge in [0, 0.05) is 18.3 Å². The molecule has 1 aliphatic heterocycles. The number of thioether (sulfide) groups is 1. The fourth-order valence-corrected chi connectivity index (χ4v) is 2.54. The molecule has 1 N–H and O–H groups in total. The van der Waals surface area contributed by atoms with E-state index < -0.39 is 0 Å². The molecule has 0 spiro atoms. The van der Waals surface area contributed by atoms with E-state index in [1.54, 1.807) is 0 Å². The summed E-state index contributed by atoms with van der Waals surface area (Å²) in [5, 5.41) is 3.49. The Hall–Kier alpha value is 0.270. The van der Waals surface area contributed by atoms with E-state index in [9.17, 15) is 0 Å². The fraction of sp³-hybridized carbons (Fsp3) is 1.00. The van der Waals surface area contributed by atoms with Crippen molar-refractivity contribution in [1.82, 2.24) is 10.2 Å². The molecular weight excluding hydrogens is 204 g/mol. The summed E-state index contributed by atoms with van der Waals surface area (Å²) in [6.45, 7) is 7.33. The minimum absolute atomic E-state index is 0.824. The van der Waals surface area contributed by atoms with Gasteiger partial charge >= 0.3 is 0 Å². The smallest absolute Gasteiger partial charge is 0.00669 e. The van der Waals surface area contributed by atoms with Crippen LogP contribution in [-0.2, 0) is 0 Å². The highest BCUT2D eigenvalue weighted by molar-refractivity contribution is 7.98. The highest BCUT2D eigenvalue weighted by Crippen LogP contribution is 2.15. The van der Waals surface area contributed by atoms with Crippen LogP contribution in [0.2, 0.25) is 0 Å². The van der Waals surface area contributed by atoms with Gasteiger partial charge in [-0.15, -0.1) is 0 Å². The Morgan fingerprint density at radius 2 is 2.20 bits per heavy atom. The Morgan fingerprint density at radius 1 is 1.33 bits per heavy atom. The van der Waals surface area contributed by atoms with E-state index in [1.807, 2.05) is 11.8 Å². The van der Waals surface area contributed by atoms with Crippen LogP contribution in [0.15, 0.2) is 0 Å². The maximum absolute atomic E-state index is 3.49. The van der Waals surface area contributed by atoms with Crippen molar-refractivity contribution in [3.05, 3.63) is 0 Å². The SMILES string of the molecule is CSCCNCCCN1CCCCC1C. The van der Waals surface area contributed by atoms with Crippen molar-refractivity contribution in [3.8, 4) is 0 Å². The average Bonchev–Trinajstić information content (AvgIpc) is 2.25. The van der Waals surface area contributed by atoms with Crippen LogP contribution in [0.3, 0.4) is 0 Å². The minimum atomic E-state index is 0.824. The van der Waals surface area contributed by atoms with Gasteiger partial charge in [0.15, 0.2) is 0 Å². The van der Waals surface area contributed by atoms with Crippen LogP contribution in [-0.4, -0.2) is 49.1 Å². The van der Waals surface area contributed by atoms with Gasteiger partial charge in [-0.2, -0.15) is 11.8 Å². The normalized spacial score (nSPS) is 23.2. The molecule has 0 amide bonds. The largest absolute Gasteiger partial charge is 0.316 e. The van der Waals surface area contributed by atoms with Gasteiger partial charge in [0.1, 0.15) is 0 Å². The van der Waals surface area contributed by atoms with E-state index in [0.29, 0.717) is 0 Å². The molecule has 0 saturated carbocycles. The van der Waals surface area contributed by atoms with Crippen LogP contribution in [0, 0.1) is 0 Å². The van der Waals surface area contributed by atoms with E-state index in [0.717, 1.165) is 12.6 Å². The van der Waals surface area contributed by atoms with Gasteiger partial charge in [-0.05, 0) is 52.1 Å². The predicted octanol–water partition coefficient (Wildman–Crippen LogP) is 2.20. The third-order valence-corrected chi connectivity index (χ3v) is 3.83. The van der Waals surface area contributed by atoms with Crippen LogP contribution >= 0.6 is 11.8 Å². The molecule has 15 heavy (non-hydrogen) atoms. The summed E-state index contributed by atoms with van der Waals surface area (Å²) in [5.74, 6) is 1.24. The second kappa shape index (κ2) is 8.43. The topological polar surface area (TPSA) is 15.3 Å². The van der Waals surface area contributed by atoms with Gasteiger partial charge < -0.3 is 10.2 Å². The first-order valence-corrected chi connectivity index (χ1v) is 7.67. The summed E-state index contributed by atoms with van der Waals surface area (Å²) < 4.78 is 0. The number of rotatable bonds is 7. The fourth-order valence-electron chi connectivity index (χ4n) is 2.20. The monoisotopic (exact) mass is 230 g/mol. The lowest BCUT2D eigenvalue weighted by Gasteiger charge is -2.33. The Morgan fingerprint density at radius 3 is 2.93 bits per heavy atom. The standard InChI is InChI=1S/C12H26N2S/c1-12-6-3-4-9-14(12)10-5-7-13-8-11-15-2/h12-13H,3-11H2,1-2H3. The molecule has 0 radical (unpaired) electrons. The summed E-state index contributed by atoms with van der Waals surface area (Å²) in [4.78, 5) is 2.65. The molecule has 1 heterocycles. The molecule has 0 aliphatic carbocycles. The summed E-state index contributed by atoms with van der Waals surface area (Å²) in [7, 11) is 0. The van der Waals surface area contributed by atoms with Crippen molar-refractivity contribution in [3.63, 3.8) is 0 Å². The molecule has 1 unspecified atom stereocenters. The second-order valence-corrected chi connectivity index (χ2v) is 5.46. The summed E-state index contributed by atoms with van der Waals surface area (Å²) in [5.41, 5.74) is 0. The van der Waals surface area contributed by atoms with Crippen molar-refractivity contribution in [2.45, 2.75) is 38.6 Å². The molecule has 90 valence electrons. The molecule has 2 nitrogen and oxygen atoms in total. The van der Waals surface area contributed by atoms with E-state index in [-0.39, 0.29) is 0 Å². The summed E-state index contributed by atoms with van der Waals surface area (Å²) >= 11 is 1.92. The highest BCUT2D eigenvalue weighted by Gasteiger charge is 2.16. The number of nitrogens with one attached hydrogen (secondary N) is 1. The second-order valence-electron chi connectivity index (χ2n) is 4.48. The number of piperidine rings is 1. The maximum Gasteiger partial charge on any atom is 0.00669 e. The zero-order chi connectivity index (χ0) is 10.9. The summed E-state index contributed by atoms with van der Waals surface area (Å²) in [6, 6.07) is 0.824. The first-order valence-electron chi connectivity index (χ1n) is 6.28. The Labute approximate surface area is 99.2 Å². The third-order valence-electron chi connectivity index (χ3n) is 3.22. The molecule has 3 heteroatoms. The van der Waals surface area contributed by atoms with Gasteiger partial charge in [-0.3, -0.25) is 0 Å². The maximum atomic E-state index is 3.49. The van der Waals surface area contributed by atoms with Crippen molar-refractivity contribution >= 4 is 11.8 Å². The molecular formula is C12H26N2S. The van der Waals surface area contributed by atoms with Crippen molar-refractivity contribution in [2.75, 3.05) is 38.2 Å². The van der Waals surface area contributed by atoms with Gasteiger partial charge in [-0.25, -0.2) is 0 Å². The first-order chi connectivity index (χ1) is 7.34. The molecule has 0 bridgehead atoms. The van der Waals surface area contributed by atoms with E-state index in [1.165, 1.54) is 51.1 Å². The van der Waals surface area contributed by atoms with Crippen LogP contribution in [0.1, 0.15) is 32.6 Å². The van der Waals surface area contributed by atoms with Crippen molar-refractivity contribution < 1.29 is 0 Å². The highest BCUT2D eigenvalue weighted by atomic mass is 32.2. The Kier molecular flexibility index (Phi) is 7.49. The van der Waals surface area contributed by atoms with E-state index in [2.05, 4.69) is 23.4 Å². The molecule has 1 aliphatic rings. The molecule has 0 aromatic rings. The summed E-state index contributed by atoms with van der Waals surface area (Å²) in [6.07, 6.45) is 7.71. The minimum Gasteiger partial charge on any atom is -0.316 e. The first kappa shape index (κ1) is 13.3. The molecule has 1 atom stereocenters. The van der Waals surface area contributed by atoms with Crippen LogP contribution in [0.5, 0.6) is 0 Å². The van der Waals surface area contributed by atoms with Gasteiger partial charge in [-0.1, -0.05) is 6.42 Å². The van der Waals surface area contributed by atoms with Gasteiger partial charge in [0.25, 0.3) is 0 Å².